The fourth-order valence-corrected chi connectivity index (χ4v) is 0. The first-order valence-corrected chi connectivity index (χ1v) is 5.41. The van der Waals surface area contributed by atoms with E-state index in [1.807, 2.05) is 0 Å². The molecule has 0 unspecified atom stereocenters. The molecule has 4 heteroatoms. The summed E-state index contributed by atoms with van der Waals surface area (Å²) in [5.74, 6) is 0.819. The predicted octanol–water partition coefficient (Wildman–Crippen LogP) is -0.455. The third-order valence-electron chi connectivity index (χ3n) is 0.109. The van der Waals surface area contributed by atoms with Crippen molar-refractivity contribution in [3.63, 3.8) is 0 Å². The summed E-state index contributed by atoms with van der Waals surface area (Å²) in [4.78, 5) is 1.15. The van der Waals surface area contributed by atoms with Crippen molar-refractivity contribution in [2.45, 2.75) is 18.8 Å². The van der Waals surface area contributed by atoms with Crippen LogP contribution in [0.15, 0.2) is 0 Å². The van der Waals surface area contributed by atoms with Crippen molar-refractivity contribution in [3.8, 4) is 0 Å². The molecule has 0 spiro atoms. The second kappa shape index (κ2) is 32.8. The molecule has 0 bridgehead atoms. The topological polar surface area (TPSA) is 46.1 Å². The molecule has 0 fully saturated rings. The van der Waals surface area contributed by atoms with E-state index in [4.69, 9.17) is 21.8 Å². The van der Waals surface area contributed by atoms with E-state index >= 15 is 0 Å². The van der Waals surface area contributed by atoms with Crippen molar-refractivity contribution in [1.29, 1.82) is 0 Å². The molecule has 60 valence electrons. The van der Waals surface area contributed by atoms with E-state index < -0.39 is 0 Å². The Bertz CT molecular complexity index is 27.7. The van der Waals surface area contributed by atoms with Crippen molar-refractivity contribution in [3.05, 3.63) is 0 Å². The third kappa shape index (κ3) is 160. The number of halogens is 1. The third-order valence-corrected chi connectivity index (χ3v) is 1.70. The molecular formula is C6H14ClGaO2. The van der Waals surface area contributed by atoms with Crippen molar-refractivity contribution in [2.24, 2.45) is 0 Å². The van der Waals surface area contributed by atoms with Gasteiger partial charge in [0.25, 0.3) is 0 Å². The van der Waals surface area contributed by atoms with Gasteiger partial charge in [0.2, 0.25) is 0 Å². The molecule has 0 aliphatic carbocycles. The Hall–Kier alpha value is 0.846. The Morgan fingerprint density at radius 2 is 1.30 bits per heavy atom. The van der Waals surface area contributed by atoms with Crippen LogP contribution in [0.25, 0.3) is 0 Å². The molecule has 0 aliphatic heterocycles. The molecule has 0 saturated heterocycles. The van der Waals surface area contributed by atoms with Gasteiger partial charge in [-0.1, -0.05) is 13.8 Å². The first-order chi connectivity index (χ1) is 4.74. The van der Waals surface area contributed by atoms with Crippen LogP contribution in [0.4, 0.5) is 0 Å². The molecule has 0 aliphatic rings. The number of alkyl halides is 1. The van der Waals surface area contributed by atoms with Gasteiger partial charge in [0.15, 0.2) is 0 Å². The van der Waals surface area contributed by atoms with Crippen LogP contribution in [0.2, 0.25) is 4.98 Å². The van der Waals surface area contributed by atoms with Gasteiger partial charge in [-0.05, 0) is 0 Å². The number of hydrogen-bond acceptors (Lipinski definition) is 2. The second-order valence-corrected chi connectivity index (χ2v) is 2.64. The van der Waals surface area contributed by atoms with Gasteiger partial charge in [-0.25, -0.2) is 0 Å². The van der Waals surface area contributed by atoms with Crippen molar-refractivity contribution >= 4 is 30.2 Å². The van der Waals surface area contributed by atoms with Gasteiger partial charge in [0, 0.05) is 0 Å². The van der Waals surface area contributed by atoms with Crippen LogP contribution < -0.4 is 10.2 Å². The van der Waals surface area contributed by atoms with Gasteiger partial charge < -0.3 is 10.2 Å². The Kier molecular flexibility index (Phi) is 56.0. The summed E-state index contributed by atoms with van der Waals surface area (Å²) in [5.41, 5.74) is 0. The molecular weight excluding hydrogens is 209 g/mol. The quantitative estimate of drug-likeness (QED) is 0.446. The normalized spacial score (nSPS) is 6.70. The number of rotatable bonds is 1. The zero-order valence-corrected chi connectivity index (χ0v) is 9.78. The maximum absolute atomic E-state index is 8.93. The Balaban J connectivity index is -0.0000000750. The van der Waals surface area contributed by atoms with Crippen molar-refractivity contribution < 1.29 is 10.2 Å². The van der Waals surface area contributed by atoms with Gasteiger partial charge in [-0.2, -0.15) is 0 Å². The van der Waals surface area contributed by atoms with E-state index in [0.29, 0.717) is 0 Å². The molecule has 0 amide bonds. The minimum absolute atomic E-state index is 0. The maximum atomic E-state index is 8.93. The van der Waals surface area contributed by atoms with E-state index in [1.54, 1.807) is 32.4 Å². The van der Waals surface area contributed by atoms with E-state index in [0.717, 1.165) is 10.9 Å². The van der Waals surface area contributed by atoms with Gasteiger partial charge in [0.1, 0.15) is 0 Å². The SMILES string of the molecule is CC[O-].CC[O-].ClC[CH2][Ga+2]. The molecule has 0 aromatic heterocycles. The molecule has 0 atom stereocenters. The Morgan fingerprint density at radius 1 is 1.20 bits per heavy atom. The van der Waals surface area contributed by atoms with E-state index in [2.05, 4.69) is 0 Å². The van der Waals surface area contributed by atoms with Crippen molar-refractivity contribution in [2.75, 3.05) is 19.1 Å². The van der Waals surface area contributed by atoms with Crippen LogP contribution >= 0.6 is 11.6 Å². The molecule has 0 aromatic carbocycles. The fourth-order valence-electron chi connectivity index (χ4n) is 0. The molecule has 0 saturated carbocycles. The monoisotopic (exact) mass is 222 g/mol. The average Bonchev–Trinajstić information content (AvgIpc) is 1.91. The zero-order valence-electron chi connectivity index (χ0n) is 6.60. The van der Waals surface area contributed by atoms with E-state index in [9.17, 15) is 0 Å². The van der Waals surface area contributed by atoms with Gasteiger partial charge in [-0.15, -0.1) is 13.2 Å². The fraction of sp³-hybridized carbons (Fsp3) is 1.00. The molecule has 0 heterocycles. The minimum atomic E-state index is 0. The Morgan fingerprint density at radius 3 is 1.30 bits per heavy atom. The Labute approximate surface area is 78.5 Å². The molecule has 2 nitrogen and oxygen atoms in total. The first-order valence-electron chi connectivity index (χ1n) is 3.17. The van der Waals surface area contributed by atoms with Crippen LogP contribution in [0.5, 0.6) is 0 Å². The summed E-state index contributed by atoms with van der Waals surface area (Å²) in [5, 5.41) is 17.9. The summed E-state index contributed by atoms with van der Waals surface area (Å²) >= 11 is 6.89. The standard InChI is InChI=1S/C2H4Cl.2C2H5O.Ga/c3*1-2-3;/h1-2H2;2*2H2,1H3;/q;2*-1;+2. The first kappa shape index (κ1) is 17.1. The van der Waals surface area contributed by atoms with Crippen LogP contribution in [0, 0.1) is 0 Å². The van der Waals surface area contributed by atoms with Crippen molar-refractivity contribution in [1.82, 2.24) is 0 Å². The van der Waals surface area contributed by atoms with Gasteiger partial charge in [0.05, 0.1) is 0 Å². The summed E-state index contributed by atoms with van der Waals surface area (Å²) in [6.45, 7) is 3.14. The molecule has 0 N–H and O–H groups in total. The molecule has 0 aromatic rings. The second-order valence-electron chi connectivity index (χ2n) is 1.06. The summed E-state index contributed by atoms with van der Waals surface area (Å²) in [7, 11) is 0. The van der Waals surface area contributed by atoms with E-state index in [1.165, 1.54) is 0 Å². The summed E-state index contributed by atoms with van der Waals surface area (Å²) < 4.78 is 0. The summed E-state index contributed by atoms with van der Waals surface area (Å²) in [6.07, 6.45) is 0. The van der Waals surface area contributed by atoms with Gasteiger partial charge >= 0.3 is 41.1 Å². The molecule has 10 heavy (non-hydrogen) atoms. The predicted molar refractivity (Wildman–Crippen MR) is 42.4 cm³/mol. The summed E-state index contributed by atoms with van der Waals surface area (Å²) in [6, 6.07) is 0. The molecule has 0 rings (SSSR count). The zero-order chi connectivity index (χ0) is 8.83. The molecule has 0 radical (unpaired) electrons. The average molecular weight is 223 g/mol. The number of hydrogen-bond donors (Lipinski definition) is 0. The van der Waals surface area contributed by atoms with Crippen LogP contribution in [0.3, 0.4) is 0 Å². The van der Waals surface area contributed by atoms with Crippen LogP contribution in [0.1, 0.15) is 13.8 Å². The van der Waals surface area contributed by atoms with Crippen LogP contribution in [-0.4, -0.2) is 37.7 Å². The van der Waals surface area contributed by atoms with E-state index in [-0.39, 0.29) is 13.2 Å². The van der Waals surface area contributed by atoms with Gasteiger partial charge in [-0.3, -0.25) is 0 Å². The van der Waals surface area contributed by atoms with Crippen LogP contribution in [-0.2, 0) is 0 Å².